The number of rotatable bonds is 7. The lowest BCUT2D eigenvalue weighted by molar-refractivity contribution is -0.123. The summed E-state index contributed by atoms with van der Waals surface area (Å²) in [6.07, 6.45) is -0.924. The van der Waals surface area contributed by atoms with Crippen molar-refractivity contribution in [3.05, 3.63) is 59.7 Å². The molecule has 2 aromatic rings. The lowest BCUT2D eigenvalue weighted by atomic mass is 10.1. The Balaban J connectivity index is 1.54. The summed E-state index contributed by atoms with van der Waals surface area (Å²) in [7, 11) is 1.59. The number of carbonyl (C=O) groups is 2. The van der Waals surface area contributed by atoms with Crippen LogP contribution in [0.25, 0.3) is 0 Å². The van der Waals surface area contributed by atoms with Crippen molar-refractivity contribution in [1.29, 1.82) is 0 Å². The summed E-state index contributed by atoms with van der Waals surface area (Å²) >= 11 is 0. The van der Waals surface area contributed by atoms with E-state index in [0.717, 1.165) is 37.6 Å². The first kappa shape index (κ1) is 20.8. The number of hydrogen-bond donors (Lipinski definition) is 1. The van der Waals surface area contributed by atoms with Crippen molar-refractivity contribution in [2.24, 2.45) is 0 Å². The second-order valence-electron chi connectivity index (χ2n) is 6.82. The quantitative estimate of drug-likeness (QED) is 0.723. The first-order valence-electron chi connectivity index (χ1n) is 9.59. The molecule has 1 saturated heterocycles. The van der Waals surface area contributed by atoms with Gasteiger partial charge in [-0.25, -0.2) is 4.79 Å². The Hall–Kier alpha value is -2.90. The molecule has 29 heavy (non-hydrogen) atoms. The van der Waals surface area contributed by atoms with Crippen LogP contribution in [0.5, 0.6) is 0 Å². The van der Waals surface area contributed by atoms with Crippen molar-refractivity contribution >= 4 is 23.3 Å². The van der Waals surface area contributed by atoms with E-state index in [9.17, 15) is 9.59 Å². The van der Waals surface area contributed by atoms with Gasteiger partial charge in [0.25, 0.3) is 5.91 Å². The van der Waals surface area contributed by atoms with Gasteiger partial charge in [-0.1, -0.05) is 12.1 Å². The zero-order valence-electron chi connectivity index (χ0n) is 16.7. The van der Waals surface area contributed by atoms with Crippen LogP contribution in [0.4, 0.5) is 11.4 Å². The van der Waals surface area contributed by atoms with E-state index in [1.807, 2.05) is 30.3 Å². The molecular formula is C22H26N2O5. The molecule has 0 bridgehead atoms. The number of nitrogens with zero attached hydrogens (tertiary/aromatic N) is 1. The smallest absolute Gasteiger partial charge is 0.338 e. The Morgan fingerprint density at radius 3 is 2.55 bits per heavy atom. The minimum atomic E-state index is -0.924. The van der Waals surface area contributed by atoms with Crippen molar-refractivity contribution in [3.63, 3.8) is 0 Å². The average molecular weight is 398 g/mol. The van der Waals surface area contributed by atoms with Crippen molar-refractivity contribution < 1.29 is 23.8 Å². The summed E-state index contributed by atoms with van der Waals surface area (Å²) in [4.78, 5) is 27.0. The molecule has 1 N–H and O–H groups in total. The van der Waals surface area contributed by atoms with Crippen LogP contribution in [-0.2, 0) is 25.6 Å². The van der Waals surface area contributed by atoms with E-state index < -0.39 is 12.1 Å². The molecule has 1 heterocycles. The molecule has 154 valence electrons. The molecular weight excluding hydrogens is 372 g/mol. The van der Waals surface area contributed by atoms with E-state index in [-0.39, 0.29) is 5.91 Å². The Kier molecular flexibility index (Phi) is 7.21. The van der Waals surface area contributed by atoms with E-state index in [1.165, 1.54) is 0 Å². The van der Waals surface area contributed by atoms with Crippen LogP contribution in [0.2, 0.25) is 0 Å². The first-order valence-corrected chi connectivity index (χ1v) is 9.59. The highest BCUT2D eigenvalue weighted by molar-refractivity contribution is 5.97. The van der Waals surface area contributed by atoms with E-state index in [0.29, 0.717) is 17.9 Å². The number of amides is 1. The van der Waals surface area contributed by atoms with Crippen molar-refractivity contribution in [1.82, 2.24) is 0 Å². The van der Waals surface area contributed by atoms with Gasteiger partial charge in [0, 0.05) is 31.6 Å². The lowest BCUT2D eigenvalue weighted by Crippen LogP contribution is -2.36. The van der Waals surface area contributed by atoms with Gasteiger partial charge in [-0.2, -0.15) is 0 Å². The van der Waals surface area contributed by atoms with Crippen LogP contribution in [0, 0.1) is 0 Å². The zero-order valence-corrected chi connectivity index (χ0v) is 16.7. The number of carbonyl (C=O) groups excluding carboxylic acids is 2. The van der Waals surface area contributed by atoms with Crippen LogP contribution in [0.3, 0.4) is 0 Å². The molecule has 0 radical (unpaired) electrons. The third-order valence-corrected chi connectivity index (χ3v) is 4.64. The van der Waals surface area contributed by atoms with Crippen LogP contribution in [0.15, 0.2) is 48.5 Å². The molecule has 1 amide bonds. The van der Waals surface area contributed by atoms with Crippen LogP contribution < -0.4 is 10.2 Å². The maximum atomic E-state index is 12.4. The molecule has 7 nitrogen and oxygen atoms in total. The number of ether oxygens (including phenoxy) is 3. The van der Waals surface area contributed by atoms with E-state index in [4.69, 9.17) is 14.2 Å². The van der Waals surface area contributed by atoms with Crippen molar-refractivity contribution in [3.8, 4) is 0 Å². The second-order valence-corrected chi connectivity index (χ2v) is 6.82. The highest BCUT2D eigenvalue weighted by Crippen LogP contribution is 2.19. The van der Waals surface area contributed by atoms with Crippen LogP contribution in [-0.4, -0.2) is 51.4 Å². The topological polar surface area (TPSA) is 77.1 Å². The predicted octanol–water partition coefficient (Wildman–Crippen LogP) is 2.85. The Morgan fingerprint density at radius 1 is 1.14 bits per heavy atom. The molecule has 0 unspecified atom stereocenters. The average Bonchev–Trinajstić information content (AvgIpc) is 2.75. The van der Waals surface area contributed by atoms with E-state index in [1.54, 1.807) is 32.2 Å². The summed E-state index contributed by atoms with van der Waals surface area (Å²) in [6.45, 7) is 5.09. The van der Waals surface area contributed by atoms with E-state index >= 15 is 0 Å². The molecule has 0 aliphatic carbocycles. The number of esters is 1. The van der Waals surface area contributed by atoms with Gasteiger partial charge in [-0.05, 0) is 48.9 Å². The molecule has 3 rings (SSSR count). The third-order valence-electron chi connectivity index (χ3n) is 4.64. The fourth-order valence-electron chi connectivity index (χ4n) is 3.06. The van der Waals surface area contributed by atoms with Gasteiger partial charge in [0.15, 0.2) is 6.10 Å². The standard InChI is InChI=1S/C22H26N2O5/c1-16(29-22(26)18-5-3-4-17(14-18)15-27-2)21(25)23-19-6-8-20(9-7-19)24-10-12-28-13-11-24/h3-9,14,16H,10-13,15H2,1-2H3,(H,23,25)/t16-/m1/s1. The van der Waals surface area contributed by atoms with Gasteiger partial charge in [-0.15, -0.1) is 0 Å². The molecule has 0 spiro atoms. The Morgan fingerprint density at radius 2 is 1.86 bits per heavy atom. The van der Waals surface area contributed by atoms with Crippen molar-refractivity contribution in [2.75, 3.05) is 43.6 Å². The highest BCUT2D eigenvalue weighted by Gasteiger charge is 2.19. The van der Waals surface area contributed by atoms with Crippen molar-refractivity contribution in [2.45, 2.75) is 19.6 Å². The zero-order chi connectivity index (χ0) is 20.6. The van der Waals surface area contributed by atoms with Gasteiger partial charge >= 0.3 is 5.97 Å². The van der Waals surface area contributed by atoms with Gasteiger partial charge < -0.3 is 24.4 Å². The third kappa shape index (κ3) is 5.79. The summed E-state index contributed by atoms with van der Waals surface area (Å²) < 4.78 is 15.7. The predicted molar refractivity (Wildman–Crippen MR) is 110 cm³/mol. The maximum absolute atomic E-state index is 12.4. The molecule has 1 aliphatic rings. The molecule has 2 aromatic carbocycles. The summed E-state index contributed by atoms with van der Waals surface area (Å²) in [6, 6.07) is 14.6. The molecule has 1 fully saturated rings. The van der Waals surface area contributed by atoms with Gasteiger partial charge in [0.1, 0.15) is 0 Å². The number of methoxy groups -OCH3 is 1. The summed E-state index contributed by atoms with van der Waals surface area (Å²) in [5, 5.41) is 2.78. The number of benzene rings is 2. The second kappa shape index (κ2) is 10.0. The van der Waals surface area contributed by atoms with Gasteiger partial charge in [-0.3, -0.25) is 4.79 Å². The molecule has 0 aromatic heterocycles. The van der Waals surface area contributed by atoms with Gasteiger partial charge in [0.2, 0.25) is 0 Å². The Bertz CT molecular complexity index is 831. The monoisotopic (exact) mass is 398 g/mol. The highest BCUT2D eigenvalue weighted by atomic mass is 16.5. The normalized spacial score (nSPS) is 14.9. The van der Waals surface area contributed by atoms with Crippen LogP contribution >= 0.6 is 0 Å². The molecule has 0 saturated carbocycles. The number of hydrogen-bond acceptors (Lipinski definition) is 6. The number of anilines is 2. The van der Waals surface area contributed by atoms with Crippen LogP contribution in [0.1, 0.15) is 22.8 Å². The largest absolute Gasteiger partial charge is 0.449 e. The fourth-order valence-corrected chi connectivity index (χ4v) is 3.06. The molecule has 1 atom stereocenters. The SMILES string of the molecule is COCc1cccc(C(=O)O[C@H](C)C(=O)Nc2ccc(N3CCOCC3)cc2)c1. The maximum Gasteiger partial charge on any atom is 0.338 e. The number of morpholine rings is 1. The minimum absolute atomic E-state index is 0.383. The van der Waals surface area contributed by atoms with E-state index in [2.05, 4.69) is 10.2 Å². The lowest BCUT2D eigenvalue weighted by Gasteiger charge is -2.28. The first-order chi connectivity index (χ1) is 14.1. The number of nitrogens with one attached hydrogen (secondary N) is 1. The molecule has 1 aliphatic heterocycles. The minimum Gasteiger partial charge on any atom is -0.449 e. The Labute approximate surface area is 170 Å². The fraction of sp³-hybridized carbons (Fsp3) is 0.364. The molecule has 7 heteroatoms. The summed E-state index contributed by atoms with van der Waals surface area (Å²) in [5.74, 6) is -0.932. The summed E-state index contributed by atoms with van der Waals surface area (Å²) in [5.41, 5.74) is 2.98. The van der Waals surface area contributed by atoms with Gasteiger partial charge in [0.05, 0.1) is 25.4 Å².